The molecule has 1 aromatic rings. The summed E-state index contributed by atoms with van der Waals surface area (Å²) in [6, 6.07) is 2.16. The number of rotatable bonds is 1. The van der Waals surface area contributed by atoms with Gasteiger partial charge in [0.25, 0.3) is 5.91 Å². The lowest BCUT2D eigenvalue weighted by atomic mass is 10.1. The van der Waals surface area contributed by atoms with Gasteiger partial charge in [0.2, 0.25) is 0 Å². The van der Waals surface area contributed by atoms with Crippen LogP contribution in [0.4, 0.5) is 22.4 Å². The molecule has 0 bridgehead atoms. The number of piperazine rings is 1. The molecule has 2 rings (SSSR count). The van der Waals surface area contributed by atoms with Crippen LogP contribution < -0.4 is 0 Å². The Hall–Kier alpha value is -2.32. The van der Waals surface area contributed by atoms with Crippen molar-refractivity contribution in [2.45, 2.75) is 32.5 Å². The number of alkyl halides is 3. The summed E-state index contributed by atoms with van der Waals surface area (Å²) < 4.78 is 56.9. The van der Waals surface area contributed by atoms with Crippen molar-refractivity contribution in [1.82, 2.24) is 9.80 Å². The first-order chi connectivity index (χ1) is 11.9. The standard InChI is InChI=1S/C17H20F4N2O3/c1-16(2,3)26-15(25)23-8-6-22(7-9-23)14(24)11-4-5-13(18)12(10-11)17(19,20)21/h4-5,10H,6-9H2,1-3H3. The second-order valence-electron chi connectivity index (χ2n) is 6.95. The molecule has 0 radical (unpaired) electrons. The lowest BCUT2D eigenvalue weighted by Gasteiger charge is -2.35. The normalized spacial score (nSPS) is 15.8. The number of carbonyl (C=O) groups is 2. The summed E-state index contributed by atoms with van der Waals surface area (Å²) in [5, 5.41) is 0. The Bertz CT molecular complexity index is 690. The van der Waals surface area contributed by atoms with Crippen molar-refractivity contribution >= 4 is 12.0 Å². The Morgan fingerprint density at radius 3 is 2.04 bits per heavy atom. The third kappa shape index (κ3) is 4.86. The van der Waals surface area contributed by atoms with E-state index in [1.807, 2.05) is 0 Å². The van der Waals surface area contributed by atoms with E-state index in [1.165, 1.54) is 9.80 Å². The van der Waals surface area contributed by atoms with Gasteiger partial charge in [-0.25, -0.2) is 9.18 Å². The first-order valence-electron chi connectivity index (χ1n) is 8.02. The van der Waals surface area contributed by atoms with E-state index in [-0.39, 0.29) is 31.7 Å². The highest BCUT2D eigenvalue weighted by Crippen LogP contribution is 2.32. The van der Waals surface area contributed by atoms with Gasteiger partial charge in [-0.05, 0) is 39.0 Å². The molecule has 0 aromatic heterocycles. The largest absolute Gasteiger partial charge is 0.444 e. The Morgan fingerprint density at radius 2 is 1.54 bits per heavy atom. The van der Waals surface area contributed by atoms with Crippen molar-refractivity contribution in [2.24, 2.45) is 0 Å². The number of benzene rings is 1. The minimum atomic E-state index is -4.88. The van der Waals surface area contributed by atoms with Gasteiger partial charge in [0.05, 0.1) is 5.56 Å². The maximum absolute atomic E-state index is 13.3. The van der Waals surface area contributed by atoms with Crippen LogP contribution >= 0.6 is 0 Å². The fourth-order valence-corrected chi connectivity index (χ4v) is 2.48. The lowest BCUT2D eigenvalue weighted by molar-refractivity contribution is -0.140. The first-order valence-corrected chi connectivity index (χ1v) is 8.02. The molecule has 0 unspecified atom stereocenters. The second-order valence-corrected chi connectivity index (χ2v) is 6.95. The van der Waals surface area contributed by atoms with Crippen molar-refractivity contribution in [1.29, 1.82) is 0 Å². The van der Waals surface area contributed by atoms with E-state index in [0.29, 0.717) is 12.1 Å². The molecule has 1 heterocycles. The average Bonchev–Trinajstić information content (AvgIpc) is 2.52. The van der Waals surface area contributed by atoms with Crippen LogP contribution in [-0.2, 0) is 10.9 Å². The summed E-state index contributed by atoms with van der Waals surface area (Å²) in [6.07, 6.45) is -5.39. The fraction of sp³-hybridized carbons (Fsp3) is 0.529. The van der Waals surface area contributed by atoms with Gasteiger partial charge in [-0.1, -0.05) is 0 Å². The molecule has 1 aliphatic heterocycles. The first kappa shape index (κ1) is 20.0. The summed E-state index contributed by atoms with van der Waals surface area (Å²) in [4.78, 5) is 27.1. The topological polar surface area (TPSA) is 49.9 Å². The van der Waals surface area contributed by atoms with Gasteiger partial charge < -0.3 is 14.5 Å². The van der Waals surface area contributed by atoms with Crippen LogP contribution in [0.2, 0.25) is 0 Å². The molecule has 1 saturated heterocycles. The Kier molecular flexibility index (Phi) is 5.48. The monoisotopic (exact) mass is 376 g/mol. The molecular formula is C17H20F4N2O3. The van der Waals surface area contributed by atoms with E-state index in [1.54, 1.807) is 20.8 Å². The predicted molar refractivity (Wildman–Crippen MR) is 85.1 cm³/mol. The van der Waals surface area contributed by atoms with Crippen LogP contribution in [0.5, 0.6) is 0 Å². The van der Waals surface area contributed by atoms with Gasteiger partial charge in [-0.3, -0.25) is 4.79 Å². The summed E-state index contributed by atoms with van der Waals surface area (Å²) >= 11 is 0. The molecule has 144 valence electrons. The summed E-state index contributed by atoms with van der Waals surface area (Å²) in [5.74, 6) is -2.07. The average molecular weight is 376 g/mol. The number of hydrogen-bond donors (Lipinski definition) is 0. The molecular weight excluding hydrogens is 356 g/mol. The highest BCUT2D eigenvalue weighted by atomic mass is 19.4. The van der Waals surface area contributed by atoms with Crippen LogP contribution in [0.1, 0.15) is 36.7 Å². The minimum absolute atomic E-state index is 0.150. The maximum Gasteiger partial charge on any atom is 0.419 e. The Morgan fingerprint density at radius 1 is 1.00 bits per heavy atom. The van der Waals surface area contributed by atoms with Crippen molar-refractivity contribution in [3.63, 3.8) is 0 Å². The highest BCUT2D eigenvalue weighted by Gasteiger charge is 2.35. The predicted octanol–water partition coefficient (Wildman–Crippen LogP) is 3.54. The van der Waals surface area contributed by atoms with Gasteiger partial charge >= 0.3 is 12.3 Å². The van der Waals surface area contributed by atoms with E-state index in [2.05, 4.69) is 0 Å². The van der Waals surface area contributed by atoms with Crippen LogP contribution in [0.3, 0.4) is 0 Å². The van der Waals surface area contributed by atoms with Crippen molar-refractivity contribution in [2.75, 3.05) is 26.2 Å². The molecule has 5 nitrogen and oxygen atoms in total. The van der Waals surface area contributed by atoms with E-state index >= 15 is 0 Å². The van der Waals surface area contributed by atoms with Crippen LogP contribution in [0.15, 0.2) is 18.2 Å². The molecule has 0 atom stereocenters. The van der Waals surface area contributed by atoms with Crippen LogP contribution in [-0.4, -0.2) is 53.6 Å². The molecule has 26 heavy (non-hydrogen) atoms. The van der Waals surface area contributed by atoms with Crippen LogP contribution in [0.25, 0.3) is 0 Å². The summed E-state index contributed by atoms with van der Waals surface area (Å²) in [5.41, 5.74) is -2.37. The molecule has 1 aliphatic rings. The van der Waals surface area contributed by atoms with Crippen LogP contribution in [0, 0.1) is 5.82 Å². The molecule has 0 spiro atoms. The molecule has 0 aliphatic carbocycles. The lowest BCUT2D eigenvalue weighted by Crippen LogP contribution is -2.51. The van der Waals surface area contributed by atoms with Crippen molar-refractivity contribution < 1.29 is 31.9 Å². The molecule has 0 N–H and O–H groups in total. The smallest absolute Gasteiger partial charge is 0.419 e. The number of amides is 2. The third-order valence-electron chi connectivity index (χ3n) is 3.74. The van der Waals surface area contributed by atoms with Crippen molar-refractivity contribution in [3.05, 3.63) is 35.1 Å². The SMILES string of the molecule is CC(C)(C)OC(=O)N1CCN(C(=O)c2ccc(F)c(C(F)(F)F)c2)CC1. The zero-order valence-corrected chi connectivity index (χ0v) is 14.7. The van der Waals surface area contributed by atoms with Gasteiger partial charge in [0.15, 0.2) is 0 Å². The minimum Gasteiger partial charge on any atom is -0.444 e. The molecule has 9 heteroatoms. The Labute approximate surface area is 148 Å². The number of hydrogen-bond acceptors (Lipinski definition) is 3. The summed E-state index contributed by atoms with van der Waals surface area (Å²) in [7, 11) is 0. The van der Waals surface area contributed by atoms with Gasteiger partial charge in [-0.15, -0.1) is 0 Å². The number of carbonyl (C=O) groups excluding carboxylic acids is 2. The van der Waals surface area contributed by atoms with E-state index in [0.717, 1.165) is 6.07 Å². The number of ether oxygens (including phenoxy) is 1. The van der Waals surface area contributed by atoms with Gasteiger partial charge in [0, 0.05) is 31.7 Å². The highest BCUT2D eigenvalue weighted by molar-refractivity contribution is 5.94. The maximum atomic E-state index is 13.3. The van der Waals surface area contributed by atoms with E-state index in [4.69, 9.17) is 4.74 Å². The zero-order chi connectivity index (χ0) is 19.7. The van der Waals surface area contributed by atoms with Gasteiger partial charge in [-0.2, -0.15) is 13.2 Å². The van der Waals surface area contributed by atoms with E-state index in [9.17, 15) is 27.2 Å². The summed E-state index contributed by atoms with van der Waals surface area (Å²) in [6.45, 7) is 5.90. The van der Waals surface area contributed by atoms with Crippen molar-refractivity contribution in [3.8, 4) is 0 Å². The fourth-order valence-electron chi connectivity index (χ4n) is 2.48. The molecule has 2 amide bonds. The third-order valence-corrected chi connectivity index (χ3v) is 3.74. The molecule has 1 fully saturated rings. The molecule has 0 saturated carbocycles. The Balaban J connectivity index is 2.04. The van der Waals surface area contributed by atoms with Gasteiger partial charge in [0.1, 0.15) is 11.4 Å². The number of halogens is 4. The van der Waals surface area contributed by atoms with E-state index < -0.39 is 35.2 Å². The quantitative estimate of drug-likeness (QED) is 0.705. The zero-order valence-electron chi connectivity index (χ0n) is 14.7. The number of nitrogens with zero attached hydrogens (tertiary/aromatic N) is 2. The second kappa shape index (κ2) is 7.13. The molecule has 1 aromatic carbocycles.